The average molecular weight is 216 g/mol. The Labute approximate surface area is 74.1 Å². The molecule has 0 aliphatic heterocycles. The summed E-state index contributed by atoms with van der Waals surface area (Å²) >= 11 is 3.27. The lowest BCUT2D eigenvalue weighted by molar-refractivity contribution is 0.0977. The predicted molar refractivity (Wildman–Crippen MR) is 47.7 cm³/mol. The number of carbonyl (C=O) groups is 1. The van der Waals surface area contributed by atoms with Crippen molar-refractivity contribution >= 4 is 21.7 Å². The highest BCUT2D eigenvalue weighted by molar-refractivity contribution is 9.10. The third kappa shape index (κ3) is 2.19. The monoisotopic (exact) mass is 215 g/mol. The summed E-state index contributed by atoms with van der Waals surface area (Å²) in [4.78, 5) is 14.1. The van der Waals surface area contributed by atoms with Gasteiger partial charge in [0.25, 0.3) is 0 Å². The Morgan fingerprint density at radius 1 is 1.73 bits per heavy atom. The van der Waals surface area contributed by atoms with Crippen molar-refractivity contribution in [2.75, 3.05) is 0 Å². The van der Waals surface area contributed by atoms with Gasteiger partial charge in [-0.15, -0.1) is 0 Å². The normalized spacial score (nSPS) is 10.0. The molecule has 0 saturated heterocycles. The maximum atomic E-state index is 11.2. The van der Waals surface area contributed by atoms with Gasteiger partial charge in [-0.3, -0.25) is 4.79 Å². The van der Waals surface area contributed by atoms with E-state index in [1.165, 1.54) is 0 Å². The summed E-state index contributed by atoms with van der Waals surface area (Å²) in [6.07, 6.45) is 3.28. The topological polar surface area (TPSA) is 32.9 Å². The fraction of sp³-hybridized carbons (Fsp3) is 0.375. The molecule has 0 unspecified atom stereocenters. The van der Waals surface area contributed by atoms with Crippen LogP contribution in [0.1, 0.15) is 30.3 Å². The van der Waals surface area contributed by atoms with Crippen LogP contribution in [0.25, 0.3) is 0 Å². The van der Waals surface area contributed by atoms with Crippen molar-refractivity contribution < 1.29 is 4.79 Å². The molecule has 0 aromatic carbocycles. The maximum absolute atomic E-state index is 11.2. The van der Waals surface area contributed by atoms with Crippen molar-refractivity contribution in [3.63, 3.8) is 0 Å². The number of H-pyrrole nitrogens is 1. The molecule has 0 saturated carbocycles. The average Bonchev–Trinajstić information content (AvgIpc) is 2.36. The minimum atomic E-state index is 0.179. The van der Waals surface area contributed by atoms with Crippen LogP contribution in [-0.2, 0) is 0 Å². The number of aromatic nitrogens is 1. The molecule has 0 bridgehead atoms. The van der Waals surface area contributed by atoms with Crippen molar-refractivity contribution in [1.29, 1.82) is 0 Å². The van der Waals surface area contributed by atoms with Gasteiger partial charge >= 0.3 is 0 Å². The van der Waals surface area contributed by atoms with E-state index in [1.54, 1.807) is 12.3 Å². The second kappa shape index (κ2) is 3.72. The predicted octanol–water partition coefficient (Wildman–Crippen LogP) is 2.76. The van der Waals surface area contributed by atoms with Crippen molar-refractivity contribution in [1.82, 2.24) is 4.98 Å². The Hall–Kier alpha value is -0.570. The largest absolute Gasteiger partial charge is 0.358 e. The summed E-state index contributed by atoms with van der Waals surface area (Å²) in [6, 6.07) is 1.80. The van der Waals surface area contributed by atoms with Gasteiger partial charge in [-0.1, -0.05) is 6.92 Å². The summed E-state index contributed by atoms with van der Waals surface area (Å²) < 4.78 is 0.928. The second-order valence-electron chi connectivity index (χ2n) is 2.40. The zero-order chi connectivity index (χ0) is 8.27. The maximum Gasteiger partial charge on any atom is 0.179 e. The van der Waals surface area contributed by atoms with E-state index in [-0.39, 0.29) is 5.78 Å². The number of hydrogen-bond donors (Lipinski definition) is 1. The second-order valence-corrected chi connectivity index (χ2v) is 3.32. The number of aromatic amines is 1. The Kier molecular flexibility index (Phi) is 2.88. The summed E-state index contributed by atoms with van der Waals surface area (Å²) in [5.74, 6) is 0.179. The van der Waals surface area contributed by atoms with E-state index in [1.807, 2.05) is 6.92 Å². The van der Waals surface area contributed by atoms with Crippen molar-refractivity contribution in [2.45, 2.75) is 19.8 Å². The third-order valence-corrected chi connectivity index (χ3v) is 1.88. The lowest BCUT2D eigenvalue weighted by Crippen LogP contribution is -1.97. The molecule has 1 heterocycles. The standard InChI is InChI=1S/C8H10BrNO/c1-2-3-8(11)7-4-6(9)5-10-7/h4-5,10H,2-3H2,1H3. The molecule has 0 radical (unpaired) electrons. The van der Waals surface area contributed by atoms with Crippen molar-refractivity contribution in [3.05, 3.63) is 22.4 Å². The van der Waals surface area contributed by atoms with Crippen LogP contribution in [0.5, 0.6) is 0 Å². The molecule has 1 aromatic rings. The summed E-state index contributed by atoms with van der Waals surface area (Å²) in [5.41, 5.74) is 0.693. The van der Waals surface area contributed by atoms with Gasteiger partial charge in [0.2, 0.25) is 0 Å². The SMILES string of the molecule is CCCC(=O)c1cc(Br)c[nH]1. The summed E-state index contributed by atoms with van der Waals surface area (Å²) in [7, 11) is 0. The molecule has 0 amide bonds. The van der Waals surface area contributed by atoms with Crippen LogP contribution in [-0.4, -0.2) is 10.8 Å². The van der Waals surface area contributed by atoms with Crippen LogP contribution in [0.4, 0.5) is 0 Å². The lowest BCUT2D eigenvalue weighted by Gasteiger charge is -1.91. The van der Waals surface area contributed by atoms with Gasteiger partial charge in [0.05, 0.1) is 5.69 Å². The number of Topliss-reactive ketones (excluding diaryl/α,β-unsaturated/α-hetero) is 1. The van der Waals surface area contributed by atoms with E-state index in [4.69, 9.17) is 0 Å². The quantitative estimate of drug-likeness (QED) is 0.774. The van der Waals surface area contributed by atoms with Crippen molar-refractivity contribution in [2.24, 2.45) is 0 Å². The third-order valence-electron chi connectivity index (χ3n) is 1.43. The fourth-order valence-electron chi connectivity index (χ4n) is 0.891. The Morgan fingerprint density at radius 3 is 2.91 bits per heavy atom. The van der Waals surface area contributed by atoms with E-state index >= 15 is 0 Å². The highest BCUT2D eigenvalue weighted by Crippen LogP contribution is 2.12. The Bertz CT molecular complexity index is 254. The molecule has 0 spiro atoms. The van der Waals surface area contributed by atoms with Crippen molar-refractivity contribution in [3.8, 4) is 0 Å². The molecule has 2 nitrogen and oxygen atoms in total. The molecular formula is C8H10BrNO. The molecule has 11 heavy (non-hydrogen) atoms. The molecule has 0 fully saturated rings. The minimum Gasteiger partial charge on any atom is -0.358 e. The van der Waals surface area contributed by atoms with E-state index < -0.39 is 0 Å². The number of rotatable bonds is 3. The first-order valence-corrected chi connectivity index (χ1v) is 4.40. The molecule has 1 N–H and O–H groups in total. The molecule has 1 rings (SSSR count). The first-order chi connectivity index (χ1) is 5.24. The molecule has 3 heteroatoms. The van der Waals surface area contributed by atoms with Crippen LogP contribution in [0.2, 0.25) is 0 Å². The Balaban J connectivity index is 2.69. The zero-order valence-corrected chi connectivity index (χ0v) is 7.94. The number of nitrogens with one attached hydrogen (secondary N) is 1. The highest BCUT2D eigenvalue weighted by Gasteiger charge is 2.05. The van der Waals surface area contributed by atoms with Crippen LogP contribution >= 0.6 is 15.9 Å². The van der Waals surface area contributed by atoms with E-state index in [0.717, 1.165) is 10.9 Å². The highest BCUT2D eigenvalue weighted by atomic mass is 79.9. The number of hydrogen-bond acceptors (Lipinski definition) is 1. The Morgan fingerprint density at radius 2 is 2.45 bits per heavy atom. The van der Waals surface area contributed by atoms with Crippen LogP contribution < -0.4 is 0 Å². The first kappa shape index (κ1) is 8.53. The number of ketones is 1. The van der Waals surface area contributed by atoms with Gasteiger partial charge in [-0.25, -0.2) is 0 Å². The van der Waals surface area contributed by atoms with E-state index in [2.05, 4.69) is 20.9 Å². The van der Waals surface area contributed by atoms with E-state index in [9.17, 15) is 4.79 Å². The molecule has 0 atom stereocenters. The summed E-state index contributed by atoms with van der Waals surface area (Å²) in [6.45, 7) is 2.00. The molecule has 0 aliphatic rings. The number of halogens is 1. The molecular weight excluding hydrogens is 206 g/mol. The van der Waals surface area contributed by atoms with E-state index in [0.29, 0.717) is 12.1 Å². The summed E-state index contributed by atoms with van der Waals surface area (Å²) in [5, 5.41) is 0. The molecule has 0 aliphatic carbocycles. The van der Waals surface area contributed by atoms with Crippen LogP contribution in [0, 0.1) is 0 Å². The lowest BCUT2D eigenvalue weighted by atomic mass is 10.2. The van der Waals surface area contributed by atoms with Gasteiger partial charge in [0.15, 0.2) is 5.78 Å². The van der Waals surface area contributed by atoms with Gasteiger partial charge in [-0.05, 0) is 28.4 Å². The smallest absolute Gasteiger partial charge is 0.179 e. The molecule has 1 aromatic heterocycles. The molecule has 60 valence electrons. The van der Waals surface area contributed by atoms with Gasteiger partial charge in [0, 0.05) is 17.1 Å². The van der Waals surface area contributed by atoms with Crippen LogP contribution in [0.15, 0.2) is 16.7 Å². The minimum absolute atomic E-state index is 0.179. The van der Waals surface area contributed by atoms with Gasteiger partial charge in [-0.2, -0.15) is 0 Å². The fourth-order valence-corrected chi connectivity index (χ4v) is 1.23. The zero-order valence-electron chi connectivity index (χ0n) is 6.36. The van der Waals surface area contributed by atoms with Crippen LogP contribution in [0.3, 0.4) is 0 Å². The number of carbonyl (C=O) groups excluding carboxylic acids is 1. The van der Waals surface area contributed by atoms with Gasteiger partial charge in [0.1, 0.15) is 0 Å². The first-order valence-electron chi connectivity index (χ1n) is 3.61. The van der Waals surface area contributed by atoms with Gasteiger partial charge < -0.3 is 4.98 Å².